The third kappa shape index (κ3) is 5.90. The fraction of sp³-hybridized carbons (Fsp3) is 0.0545. The topological polar surface area (TPSA) is 3.24 Å². The summed E-state index contributed by atoms with van der Waals surface area (Å²) in [6.45, 7) is 4.76. The highest BCUT2D eigenvalue weighted by Gasteiger charge is 2.36. The van der Waals surface area contributed by atoms with Crippen molar-refractivity contribution in [3.63, 3.8) is 0 Å². The summed E-state index contributed by atoms with van der Waals surface area (Å²) in [5.74, 6) is 0. The molecule has 0 heterocycles. The molecule has 0 bridgehead atoms. The quantitative estimate of drug-likeness (QED) is 0.159. The van der Waals surface area contributed by atoms with Crippen LogP contribution in [-0.2, 0) is 5.41 Å². The maximum atomic E-state index is 2.44. The molecule has 9 aromatic rings. The molecule has 0 unspecified atom stereocenters. The van der Waals surface area contributed by atoms with Crippen molar-refractivity contribution in [1.82, 2.24) is 0 Å². The van der Waals surface area contributed by atoms with Crippen molar-refractivity contribution in [2.45, 2.75) is 19.3 Å². The molecule has 1 nitrogen and oxygen atoms in total. The van der Waals surface area contributed by atoms with E-state index in [0.29, 0.717) is 0 Å². The van der Waals surface area contributed by atoms with Crippen molar-refractivity contribution in [3.8, 4) is 55.6 Å². The van der Waals surface area contributed by atoms with Gasteiger partial charge in [-0.15, -0.1) is 0 Å². The first kappa shape index (κ1) is 33.6. The third-order valence-corrected chi connectivity index (χ3v) is 11.7. The number of para-hydroxylation sites is 1. The minimum absolute atomic E-state index is 0.189. The van der Waals surface area contributed by atoms with Crippen LogP contribution in [0.4, 0.5) is 17.1 Å². The number of hydrogen-bond donors (Lipinski definition) is 0. The highest BCUT2D eigenvalue weighted by atomic mass is 15.1. The number of nitrogens with zero attached hydrogens (tertiary/aromatic N) is 1. The molecule has 1 aliphatic rings. The summed E-state index contributed by atoms with van der Waals surface area (Å²) in [5.41, 5.74) is 18.3. The second kappa shape index (κ2) is 13.7. The average Bonchev–Trinajstić information content (AvgIpc) is 3.49. The van der Waals surface area contributed by atoms with Crippen LogP contribution in [0.1, 0.15) is 25.0 Å². The Morgan fingerprint density at radius 1 is 0.304 bits per heavy atom. The van der Waals surface area contributed by atoms with Gasteiger partial charge < -0.3 is 4.90 Å². The van der Waals surface area contributed by atoms with Crippen molar-refractivity contribution >= 4 is 27.8 Å². The van der Waals surface area contributed by atoms with Crippen LogP contribution in [0.25, 0.3) is 66.4 Å². The van der Waals surface area contributed by atoms with E-state index in [9.17, 15) is 0 Å². The lowest BCUT2D eigenvalue weighted by molar-refractivity contribution is 0.660. The lowest BCUT2D eigenvalue weighted by Gasteiger charge is -2.30. The fourth-order valence-electron chi connectivity index (χ4n) is 8.66. The van der Waals surface area contributed by atoms with Crippen molar-refractivity contribution in [2.24, 2.45) is 0 Å². The molecule has 0 saturated heterocycles. The molecule has 0 spiro atoms. The van der Waals surface area contributed by atoms with E-state index in [4.69, 9.17) is 0 Å². The summed E-state index contributed by atoms with van der Waals surface area (Å²) in [5, 5.41) is 2.51. The van der Waals surface area contributed by atoms with E-state index in [2.05, 4.69) is 231 Å². The van der Waals surface area contributed by atoms with Crippen molar-refractivity contribution in [1.29, 1.82) is 0 Å². The summed E-state index contributed by atoms with van der Waals surface area (Å²) >= 11 is 0. The molecule has 1 heteroatoms. The number of benzene rings is 9. The average molecular weight is 716 g/mol. The van der Waals surface area contributed by atoms with E-state index in [0.717, 1.165) is 17.1 Å². The Bertz CT molecular complexity index is 2850. The molecule has 9 aromatic carbocycles. The van der Waals surface area contributed by atoms with E-state index in [-0.39, 0.29) is 5.41 Å². The maximum absolute atomic E-state index is 2.44. The molecular formula is C55H41N. The molecule has 0 aliphatic heterocycles. The Kier molecular flexibility index (Phi) is 8.23. The van der Waals surface area contributed by atoms with Gasteiger partial charge in [-0.3, -0.25) is 0 Å². The van der Waals surface area contributed by atoms with Gasteiger partial charge in [-0.25, -0.2) is 0 Å². The van der Waals surface area contributed by atoms with Crippen molar-refractivity contribution in [2.75, 3.05) is 4.90 Å². The molecule has 0 radical (unpaired) electrons. The second-order valence-electron chi connectivity index (χ2n) is 15.4. The smallest absolute Gasteiger partial charge is 0.0540 e. The first-order chi connectivity index (χ1) is 27.5. The van der Waals surface area contributed by atoms with Gasteiger partial charge in [-0.2, -0.15) is 0 Å². The number of fused-ring (bicyclic) bond motifs is 4. The number of rotatable bonds is 7. The minimum Gasteiger partial charge on any atom is -0.310 e. The van der Waals surface area contributed by atoms with Crippen LogP contribution in [0, 0.1) is 0 Å². The van der Waals surface area contributed by atoms with Gasteiger partial charge in [-0.1, -0.05) is 184 Å². The summed E-state index contributed by atoms with van der Waals surface area (Å²) in [7, 11) is 0. The van der Waals surface area contributed by atoms with Gasteiger partial charge in [0.2, 0.25) is 0 Å². The fourth-order valence-corrected chi connectivity index (χ4v) is 8.66. The summed E-state index contributed by atoms with van der Waals surface area (Å²) < 4.78 is 0. The van der Waals surface area contributed by atoms with Crippen LogP contribution in [0.2, 0.25) is 0 Å². The van der Waals surface area contributed by atoms with E-state index >= 15 is 0 Å². The minimum atomic E-state index is -0.189. The molecule has 1 aliphatic carbocycles. The second-order valence-corrected chi connectivity index (χ2v) is 15.4. The first-order valence-electron chi connectivity index (χ1n) is 19.5. The molecule has 0 N–H and O–H groups in total. The van der Waals surface area contributed by atoms with Gasteiger partial charge >= 0.3 is 0 Å². The van der Waals surface area contributed by atoms with Gasteiger partial charge in [-0.05, 0) is 114 Å². The SMILES string of the molecule is CC1(C)c2cc(-c3ccc(-c4ccccc4)cc3)ccc2-c2ccc(N(c3ccc(-c4ccc5ccccc5c4)cc3)c3ccccc3-c3ccccc3)cc21. The van der Waals surface area contributed by atoms with Crippen molar-refractivity contribution in [3.05, 3.63) is 223 Å². The highest BCUT2D eigenvalue weighted by Crippen LogP contribution is 2.52. The standard InChI is InChI=1S/C55H41N/c1-55(2)52-36-46(41-23-21-40(22-24-41)38-13-5-3-6-14-38)29-33-50(52)51-34-32-48(37-53(51)55)56(54-20-12-11-19-49(54)43-16-7-4-8-17-43)47-30-27-42(28-31-47)45-26-25-39-15-9-10-18-44(39)35-45/h3-37H,1-2H3. The Morgan fingerprint density at radius 2 is 0.768 bits per heavy atom. The normalized spacial score (nSPS) is 12.6. The summed E-state index contributed by atoms with van der Waals surface area (Å²) in [6, 6.07) is 77.6. The molecule has 0 saturated carbocycles. The molecule has 10 rings (SSSR count). The van der Waals surface area contributed by atoms with E-state index < -0.39 is 0 Å². The molecule has 0 fully saturated rings. The van der Waals surface area contributed by atoms with Gasteiger partial charge in [0, 0.05) is 22.4 Å². The van der Waals surface area contributed by atoms with Crippen LogP contribution < -0.4 is 4.90 Å². The molecule has 56 heavy (non-hydrogen) atoms. The molecule has 0 aromatic heterocycles. The highest BCUT2D eigenvalue weighted by molar-refractivity contribution is 5.92. The third-order valence-electron chi connectivity index (χ3n) is 11.7. The molecular weight excluding hydrogens is 675 g/mol. The van der Waals surface area contributed by atoms with Crippen molar-refractivity contribution < 1.29 is 0 Å². The van der Waals surface area contributed by atoms with Crippen LogP contribution in [0.3, 0.4) is 0 Å². The van der Waals surface area contributed by atoms with Crippen LogP contribution in [0.5, 0.6) is 0 Å². The Balaban J connectivity index is 1.05. The Morgan fingerprint density at radius 3 is 1.48 bits per heavy atom. The maximum Gasteiger partial charge on any atom is 0.0540 e. The van der Waals surface area contributed by atoms with E-state index in [1.165, 1.54) is 77.5 Å². The number of anilines is 3. The van der Waals surface area contributed by atoms with E-state index in [1.54, 1.807) is 0 Å². The summed E-state index contributed by atoms with van der Waals surface area (Å²) in [4.78, 5) is 2.44. The zero-order chi connectivity index (χ0) is 37.6. The zero-order valence-electron chi connectivity index (χ0n) is 31.7. The van der Waals surface area contributed by atoms with Gasteiger partial charge in [0.25, 0.3) is 0 Å². The predicted molar refractivity (Wildman–Crippen MR) is 238 cm³/mol. The Hall–Kier alpha value is -6.96. The first-order valence-corrected chi connectivity index (χ1v) is 19.5. The monoisotopic (exact) mass is 715 g/mol. The number of hydrogen-bond acceptors (Lipinski definition) is 1. The summed E-state index contributed by atoms with van der Waals surface area (Å²) in [6.07, 6.45) is 0. The van der Waals surface area contributed by atoms with Gasteiger partial charge in [0.05, 0.1) is 5.69 Å². The largest absolute Gasteiger partial charge is 0.310 e. The van der Waals surface area contributed by atoms with Gasteiger partial charge in [0.15, 0.2) is 0 Å². The molecule has 0 amide bonds. The van der Waals surface area contributed by atoms with Gasteiger partial charge in [0.1, 0.15) is 0 Å². The predicted octanol–water partition coefficient (Wildman–Crippen LogP) is 15.3. The zero-order valence-corrected chi connectivity index (χ0v) is 31.7. The van der Waals surface area contributed by atoms with Crippen LogP contribution >= 0.6 is 0 Å². The van der Waals surface area contributed by atoms with Crippen LogP contribution in [-0.4, -0.2) is 0 Å². The van der Waals surface area contributed by atoms with Crippen LogP contribution in [0.15, 0.2) is 212 Å². The van der Waals surface area contributed by atoms with E-state index in [1.807, 2.05) is 0 Å². The molecule has 266 valence electrons. The Labute approximate surface area is 329 Å². The lowest BCUT2D eigenvalue weighted by atomic mass is 9.81. The lowest BCUT2D eigenvalue weighted by Crippen LogP contribution is -2.17. The molecule has 0 atom stereocenters.